The quantitative estimate of drug-likeness (QED) is 0.569. The molecule has 0 saturated carbocycles. The maximum atomic E-state index is 13.3. The number of hydrogen-bond donors (Lipinski definition) is 1. The Hall–Kier alpha value is -3.32. The zero-order valence-corrected chi connectivity index (χ0v) is 17.2. The summed E-state index contributed by atoms with van der Waals surface area (Å²) in [6.45, 7) is 2.74. The van der Waals surface area contributed by atoms with E-state index >= 15 is 0 Å². The van der Waals surface area contributed by atoms with Crippen molar-refractivity contribution >= 4 is 11.7 Å². The third kappa shape index (κ3) is 5.24. The van der Waals surface area contributed by atoms with Gasteiger partial charge in [-0.2, -0.15) is 0 Å². The molecule has 0 bridgehead atoms. The largest absolute Gasteiger partial charge is 0.354 e. The first kappa shape index (κ1) is 20.9. The van der Waals surface area contributed by atoms with Gasteiger partial charge in [-0.1, -0.05) is 30.3 Å². The zero-order valence-electron chi connectivity index (χ0n) is 17.2. The van der Waals surface area contributed by atoms with Crippen molar-refractivity contribution in [3.05, 3.63) is 90.3 Å². The molecule has 1 N–H and O–H groups in total. The van der Waals surface area contributed by atoms with Crippen LogP contribution >= 0.6 is 0 Å². The third-order valence-corrected chi connectivity index (χ3v) is 5.68. The van der Waals surface area contributed by atoms with Gasteiger partial charge in [0.15, 0.2) is 5.78 Å². The van der Waals surface area contributed by atoms with Gasteiger partial charge < -0.3 is 9.88 Å². The van der Waals surface area contributed by atoms with Crippen molar-refractivity contribution in [2.24, 2.45) is 11.8 Å². The molecule has 1 amide bonds. The average molecular weight is 420 g/mol. The molecule has 0 radical (unpaired) electrons. The van der Waals surface area contributed by atoms with Crippen molar-refractivity contribution in [2.75, 3.05) is 19.6 Å². The van der Waals surface area contributed by atoms with E-state index in [-0.39, 0.29) is 17.5 Å². The van der Waals surface area contributed by atoms with Gasteiger partial charge in [0.1, 0.15) is 5.82 Å². The normalized spacial score (nSPS) is 18.7. The Kier molecular flexibility index (Phi) is 6.52. The van der Waals surface area contributed by atoms with Gasteiger partial charge in [0.25, 0.3) is 0 Å². The molecule has 0 aliphatic carbocycles. The van der Waals surface area contributed by atoms with Crippen LogP contribution in [-0.4, -0.2) is 45.8 Å². The van der Waals surface area contributed by atoms with Gasteiger partial charge in [-0.25, -0.2) is 9.37 Å². The van der Waals surface area contributed by atoms with E-state index in [1.165, 1.54) is 24.3 Å². The lowest BCUT2D eigenvalue weighted by molar-refractivity contribution is -0.125. The molecule has 1 saturated heterocycles. The summed E-state index contributed by atoms with van der Waals surface area (Å²) in [6, 6.07) is 15.5. The van der Waals surface area contributed by atoms with Crippen LogP contribution in [0.1, 0.15) is 15.9 Å². The van der Waals surface area contributed by atoms with E-state index in [1.54, 1.807) is 12.5 Å². The smallest absolute Gasteiger partial charge is 0.225 e. The highest BCUT2D eigenvalue weighted by molar-refractivity contribution is 6.01. The molecule has 2 heterocycles. The molecule has 160 valence electrons. The minimum atomic E-state index is -0.470. The number of hydrogen-bond acceptors (Lipinski definition) is 4. The summed E-state index contributed by atoms with van der Waals surface area (Å²) >= 11 is 0. The Morgan fingerprint density at radius 2 is 1.77 bits per heavy atom. The number of nitrogens with zero attached hydrogens (tertiary/aromatic N) is 3. The topological polar surface area (TPSA) is 67.2 Å². The molecular formula is C24H25FN4O2. The van der Waals surface area contributed by atoms with Crippen LogP contribution in [0.3, 0.4) is 0 Å². The lowest BCUT2D eigenvalue weighted by Crippen LogP contribution is -2.38. The van der Waals surface area contributed by atoms with E-state index in [9.17, 15) is 14.0 Å². The highest BCUT2D eigenvalue weighted by atomic mass is 19.1. The Labute approximate surface area is 180 Å². The number of nitrogens with one attached hydrogen (secondary N) is 1. The van der Waals surface area contributed by atoms with Crippen LogP contribution in [0, 0.1) is 17.7 Å². The molecule has 1 fully saturated rings. The lowest BCUT2D eigenvalue weighted by atomic mass is 9.88. The van der Waals surface area contributed by atoms with Gasteiger partial charge in [-0.05, 0) is 29.8 Å². The Bertz CT molecular complexity index is 1010. The fraction of sp³-hybridized carbons (Fsp3) is 0.292. The van der Waals surface area contributed by atoms with Crippen molar-refractivity contribution in [1.82, 2.24) is 19.8 Å². The fourth-order valence-electron chi connectivity index (χ4n) is 4.07. The second-order valence-electron chi connectivity index (χ2n) is 7.86. The fourth-order valence-corrected chi connectivity index (χ4v) is 4.07. The van der Waals surface area contributed by atoms with Crippen LogP contribution in [-0.2, 0) is 17.9 Å². The molecule has 0 unspecified atom stereocenters. The molecule has 6 nitrogen and oxygen atoms in total. The number of aromatic nitrogens is 2. The van der Waals surface area contributed by atoms with E-state index < -0.39 is 11.8 Å². The predicted molar refractivity (Wildman–Crippen MR) is 115 cm³/mol. The predicted octanol–water partition coefficient (Wildman–Crippen LogP) is 2.77. The first-order chi connectivity index (χ1) is 15.1. The maximum Gasteiger partial charge on any atom is 0.225 e. The highest BCUT2D eigenvalue weighted by Crippen LogP contribution is 2.28. The van der Waals surface area contributed by atoms with Crippen LogP contribution in [0.25, 0.3) is 0 Å². The number of carbonyl (C=O) groups excluding carboxylic acids is 2. The summed E-state index contributed by atoms with van der Waals surface area (Å²) in [7, 11) is 0. The molecule has 4 rings (SSSR count). The van der Waals surface area contributed by atoms with E-state index in [2.05, 4.69) is 15.2 Å². The maximum absolute atomic E-state index is 13.3. The number of benzene rings is 2. The molecular weight excluding hydrogens is 395 g/mol. The van der Waals surface area contributed by atoms with Crippen molar-refractivity contribution in [3.8, 4) is 0 Å². The van der Waals surface area contributed by atoms with Crippen LogP contribution in [0.15, 0.2) is 73.3 Å². The molecule has 3 aromatic rings. The molecule has 1 aliphatic rings. The summed E-state index contributed by atoms with van der Waals surface area (Å²) < 4.78 is 15.2. The summed E-state index contributed by atoms with van der Waals surface area (Å²) in [6.07, 6.45) is 5.23. The number of imidazole rings is 1. The number of carbonyl (C=O) groups is 2. The second-order valence-corrected chi connectivity index (χ2v) is 7.86. The molecule has 7 heteroatoms. The van der Waals surface area contributed by atoms with Gasteiger partial charge in [0.2, 0.25) is 5.91 Å². The highest BCUT2D eigenvalue weighted by Gasteiger charge is 2.41. The standard InChI is InChI=1S/C24H25FN4O2/c25-20-8-6-19(7-9-20)23(30)21-15-29(14-18-4-2-1-3-5-18)16-22(21)24(31)27-11-13-28-12-10-26-17-28/h1-10,12,17,21-22H,11,13-16H2,(H,27,31)/t21-,22-/m1/s1. The number of likely N-dealkylation sites (tertiary alicyclic amines) is 1. The number of amides is 1. The van der Waals surface area contributed by atoms with Gasteiger partial charge in [-0.3, -0.25) is 14.5 Å². The van der Waals surface area contributed by atoms with Crippen molar-refractivity contribution in [3.63, 3.8) is 0 Å². The minimum absolute atomic E-state index is 0.120. The van der Waals surface area contributed by atoms with Gasteiger partial charge in [0, 0.05) is 56.6 Å². The number of ketones is 1. The molecule has 1 aromatic heterocycles. The van der Waals surface area contributed by atoms with Crippen molar-refractivity contribution in [1.29, 1.82) is 0 Å². The molecule has 2 aromatic carbocycles. The Morgan fingerprint density at radius 1 is 1.03 bits per heavy atom. The molecule has 2 atom stereocenters. The van der Waals surface area contributed by atoms with Crippen LogP contribution in [0.2, 0.25) is 0 Å². The van der Waals surface area contributed by atoms with E-state index in [0.29, 0.717) is 38.3 Å². The van der Waals surface area contributed by atoms with Crippen LogP contribution in [0.5, 0.6) is 0 Å². The van der Waals surface area contributed by atoms with Crippen LogP contribution < -0.4 is 5.32 Å². The summed E-state index contributed by atoms with van der Waals surface area (Å²) in [5, 5.41) is 2.97. The van der Waals surface area contributed by atoms with Gasteiger partial charge >= 0.3 is 0 Å². The number of halogens is 1. The van der Waals surface area contributed by atoms with Gasteiger partial charge in [-0.15, -0.1) is 0 Å². The number of rotatable bonds is 8. The van der Waals surface area contributed by atoms with E-state index in [1.807, 2.05) is 41.1 Å². The summed E-state index contributed by atoms with van der Waals surface area (Å²) in [4.78, 5) is 32.3. The first-order valence-corrected chi connectivity index (χ1v) is 10.4. The average Bonchev–Trinajstić information content (AvgIpc) is 3.45. The first-order valence-electron chi connectivity index (χ1n) is 10.4. The minimum Gasteiger partial charge on any atom is -0.354 e. The summed E-state index contributed by atoms with van der Waals surface area (Å²) in [5.41, 5.74) is 1.57. The van der Waals surface area contributed by atoms with Crippen molar-refractivity contribution < 1.29 is 14.0 Å². The van der Waals surface area contributed by atoms with E-state index in [0.717, 1.165) is 5.56 Å². The molecule has 0 spiro atoms. The SMILES string of the molecule is O=C(NCCn1ccnc1)[C@@H]1CN(Cc2ccccc2)C[C@H]1C(=O)c1ccc(F)cc1. The second kappa shape index (κ2) is 9.66. The zero-order chi connectivity index (χ0) is 21.6. The monoisotopic (exact) mass is 420 g/mol. The summed E-state index contributed by atoms with van der Waals surface area (Å²) in [5.74, 6) is -1.56. The third-order valence-electron chi connectivity index (χ3n) is 5.68. The number of Topliss-reactive ketones (excluding diaryl/α,β-unsaturated/α-hetero) is 1. The van der Waals surface area contributed by atoms with Crippen LogP contribution in [0.4, 0.5) is 4.39 Å². The van der Waals surface area contributed by atoms with Crippen molar-refractivity contribution in [2.45, 2.75) is 13.1 Å². The van der Waals surface area contributed by atoms with Gasteiger partial charge in [0.05, 0.1) is 12.2 Å². The molecule has 31 heavy (non-hydrogen) atoms. The Morgan fingerprint density at radius 3 is 2.48 bits per heavy atom. The molecule has 1 aliphatic heterocycles. The van der Waals surface area contributed by atoms with E-state index in [4.69, 9.17) is 0 Å². The Balaban J connectivity index is 1.46. The lowest BCUT2D eigenvalue weighted by Gasteiger charge is -2.17.